The van der Waals surface area contributed by atoms with E-state index in [-0.39, 0.29) is 30.6 Å². The van der Waals surface area contributed by atoms with E-state index in [1.54, 1.807) is 0 Å². The number of esters is 1. The highest BCUT2D eigenvalue weighted by Gasteiger charge is 2.39. The summed E-state index contributed by atoms with van der Waals surface area (Å²) in [6.07, 6.45) is -7.28. The lowest BCUT2D eigenvalue weighted by atomic mass is 9.96. The fourth-order valence-electron chi connectivity index (χ4n) is 7.53. The van der Waals surface area contributed by atoms with Crippen LogP contribution in [0.1, 0.15) is 76.1 Å². The van der Waals surface area contributed by atoms with Crippen molar-refractivity contribution in [1.82, 2.24) is 58.3 Å². The van der Waals surface area contributed by atoms with Gasteiger partial charge >= 0.3 is 29.8 Å². The molecule has 1 aromatic carbocycles. The number of amides is 10. The second kappa shape index (κ2) is 34.4. The van der Waals surface area contributed by atoms with Gasteiger partial charge in [0.2, 0.25) is 59.1 Å². The maximum absolute atomic E-state index is 14.2. The summed E-state index contributed by atoms with van der Waals surface area (Å²) >= 11 is 0. The van der Waals surface area contributed by atoms with Crippen LogP contribution in [0, 0.1) is 5.92 Å². The van der Waals surface area contributed by atoms with E-state index in [0.29, 0.717) is 0 Å². The highest BCUT2D eigenvalue weighted by Crippen LogP contribution is 2.17. The maximum Gasteiger partial charge on any atom is 0.329 e. The van der Waals surface area contributed by atoms with Gasteiger partial charge in [-0.1, -0.05) is 28.4 Å². The van der Waals surface area contributed by atoms with Gasteiger partial charge in [0.25, 0.3) is 0 Å². The molecule has 458 valence electrons. The minimum absolute atomic E-state index is 0.107. The van der Waals surface area contributed by atoms with Crippen molar-refractivity contribution in [2.24, 2.45) is 11.7 Å². The number of nitrogens with two attached hydrogens (primary N) is 2. The fourth-order valence-corrected chi connectivity index (χ4v) is 7.74. The molecule has 0 radical (unpaired) electrons. The lowest BCUT2D eigenvalue weighted by molar-refractivity contribution is -0.156. The van der Waals surface area contributed by atoms with Gasteiger partial charge in [-0.05, 0) is 51.3 Å². The number of cyclic esters (lactones) is 1. The number of para-hydroxylation sites is 1. The van der Waals surface area contributed by atoms with Crippen molar-refractivity contribution in [3.8, 4) is 0 Å². The highest BCUT2D eigenvalue weighted by atomic mass is 31.0. The second-order valence-electron chi connectivity index (χ2n) is 18.7. The number of ether oxygens (including phenoxy) is 1. The molecule has 1 heterocycles. The highest BCUT2D eigenvalue weighted by molar-refractivity contribution is 7.13. The Kier molecular flexibility index (Phi) is 29.0. The number of rotatable bonds is 19. The van der Waals surface area contributed by atoms with Gasteiger partial charge < -0.3 is 100.0 Å². The molecule has 2 rings (SSSR count). The summed E-state index contributed by atoms with van der Waals surface area (Å²) in [6.45, 7) is -0.113. The largest absolute Gasteiger partial charge is 0.481 e. The molecule has 1 aliphatic rings. The van der Waals surface area contributed by atoms with Crippen LogP contribution in [0.4, 0.5) is 5.69 Å². The van der Waals surface area contributed by atoms with E-state index in [9.17, 15) is 102 Å². The van der Waals surface area contributed by atoms with Crippen molar-refractivity contribution in [2.45, 2.75) is 126 Å². The molecule has 0 spiro atoms. The van der Waals surface area contributed by atoms with Crippen molar-refractivity contribution in [3.63, 3.8) is 0 Å². The van der Waals surface area contributed by atoms with Crippen LogP contribution in [0.3, 0.4) is 0 Å². The van der Waals surface area contributed by atoms with Crippen LogP contribution in [0.15, 0.2) is 24.3 Å². The van der Waals surface area contributed by atoms with Gasteiger partial charge in [-0.25, -0.2) is 4.79 Å². The monoisotopic (exact) mass is 1200 g/mol. The van der Waals surface area contributed by atoms with E-state index in [1.807, 2.05) is 16.0 Å². The number of carboxylic acid groups (broad SMARTS) is 4. The number of Topliss-reactive ketones (excluding diaryl/α,β-unsaturated/α-hetero) is 1. The summed E-state index contributed by atoms with van der Waals surface area (Å²) in [5.74, 6) is -23.5. The van der Waals surface area contributed by atoms with Gasteiger partial charge in [0.15, 0.2) is 5.78 Å². The van der Waals surface area contributed by atoms with Crippen LogP contribution < -0.4 is 69.7 Å². The zero-order valence-corrected chi connectivity index (χ0v) is 46.0. The predicted octanol–water partition coefficient (Wildman–Crippen LogP) is -8.07. The Morgan fingerprint density at radius 1 is 0.639 bits per heavy atom. The number of benzene rings is 1. The number of nitrogen functional groups attached to an aromatic ring is 1. The molecule has 10 amide bonds. The Labute approximate surface area is 473 Å². The minimum atomic E-state index is -2.17. The topological polar surface area (TPSA) is 568 Å². The molecule has 0 aromatic heterocycles. The first-order valence-corrected chi connectivity index (χ1v) is 25.7. The average molecular weight is 1200 g/mol. The number of aliphatic hydroxyl groups is 1. The van der Waals surface area contributed by atoms with Crippen LogP contribution in [-0.2, 0) is 76.7 Å². The summed E-state index contributed by atoms with van der Waals surface area (Å²) in [5, 5.41) is 72.1. The standard InChI is InChI=1S/C47H68N13O22P/c1-19(11-33(65)66)37-46(80)58-28(13-30(62)22-7-4-5-8-23(22)48)47(81)82-21(3)38(60-40(74)24(49)12-34(67)68)45(79)51-17-31(63)54-25(9-6-10-52-83)42(76)57-27(15-36(71)72)43(77)53-20(2)39(73)56-26(14-35(69)70)41(75)50-16-32(64)55-29(18-61)44(78)59-37/h4-5,7-8,19-21,24-29,37-38,52,61H,6,9-18,48-49,83H2,1-3H3,(H,50,75)(H,51,79)(H,53,77)(H,54,63)(H,55,64)(H,56,73)(H,57,76)(H,58,80)(H,59,78)(H,60,74)(H,65,66)(H,67,68)(H,69,70)(H,71,72). The number of nitrogens with one attached hydrogen (secondary N) is 11. The SMILES string of the molecule is CC1NC(=O)C(CC(=O)O)NC(=O)C(CCCNP)NC(=O)CNC(=O)C(NC(=O)C(N)CC(=O)O)C(C)OC(=O)C(CC(=O)c2ccccc2N)NC(=O)C(C(C)CC(=O)O)NC(=O)C(CO)NC(=O)CNC(=O)C(CC(=O)O)NC1=O. The summed E-state index contributed by atoms with van der Waals surface area (Å²) in [6, 6.07) is -12.2. The van der Waals surface area contributed by atoms with E-state index in [4.69, 9.17) is 16.2 Å². The molecule has 1 saturated heterocycles. The number of aliphatic hydroxyl groups excluding tert-OH is 1. The lowest BCUT2D eigenvalue weighted by Crippen LogP contribution is -2.60. The molecule has 12 unspecified atom stereocenters. The molecule has 0 saturated carbocycles. The molecule has 20 N–H and O–H groups in total. The third-order valence-corrected chi connectivity index (χ3v) is 12.2. The lowest BCUT2D eigenvalue weighted by Gasteiger charge is -2.29. The van der Waals surface area contributed by atoms with Crippen LogP contribution in [0.25, 0.3) is 0 Å². The first-order valence-electron chi connectivity index (χ1n) is 25.1. The molecular weight excluding hydrogens is 1130 g/mol. The molecule has 1 aliphatic heterocycles. The third kappa shape index (κ3) is 24.4. The number of carbonyl (C=O) groups is 16. The van der Waals surface area contributed by atoms with Gasteiger partial charge in [0, 0.05) is 17.7 Å². The van der Waals surface area contributed by atoms with E-state index < -0.39 is 213 Å². The van der Waals surface area contributed by atoms with Crippen molar-refractivity contribution in [2.75, 3.05) is 32.0 Å². The molecule has 0 bridgehead atoms. The number of carboxylic acids is 4. The van der Waals surface area contributed by atoms with Gasteiger partial charge in [-0.3, -0.25) is 71.9 Å². The number of carbonyl (C=O) groups excluding carboxylic acids is 12. The van der Waals surface area contributed by atoms with Crippen LogP contribution in [-0.4, -0.2) is 207 Å². The molecule has 1 fully saturated rings. The van der Waals surface area contributed by atoms with E-state index >= 15 is 0 Å². The summed E-state index contributed by atoms with van der Waals surface area (Å²) in [5.41, 5.74) is 11.4. The van der Waals surface area contributed by atoms with Crippen molar-refractivity contribution in [1.29, 1.82) is 0 Å². The third-order valence-electron chi connectivity index (χ3n) is 11.9. The van der Waals surface area contributed by atoms with E-state index in [0.717, 1.165) is 20.8 Å². The van der Waals surface area contributed by atoms with Crippen molar-refractivity contribution >= 4 is 110 Å². The quantitative estimate of drug-likeness (QED) is 0.0201. The zero-order valence-electron chi connectivity index (χ0n) is 44.8. The number of hydrogen-bond acceptors (Lipinski definition) is 21. The molecule has 36 heteroatoms. The average Bonchev–Trinajstić information content (AvgIpc) is 3.42. The first-order chi connectivity index (χ1) is 38.9. The van der Waals surface area contributed by atoms with Crippen molar-refractivity contribution in [3.05, 3.63) is 29.8 Å². The Morgan fingerprint density at radius 2 is 1.16 bits per heavy atom. The Balaban J connectivity index is 2.84. The fraction of sp³-hybridized carbons (Fsp3) is 0.532. The van der Waals surface area contributed by atoms with Gasteiger partial charge in [-0.2, -0.15) is 0 Å². The molecule has 12 atom stereocenters. The molecule has 83 heavy (non-hydrogen) atoms. The normalized spacial score (nSPS) is 24.2. The Bertz CT molecular complexity index is 2630. The molecule has 35 nitrogen and oxygen atoms in total. The van der Waals surface area contributed by atoms with Crippen LogP contribution in [0.2, 0.25) is 0 Å². The Hall–Kier alpha value is -8.95. The Morgan fingerprint density at radius 3 is 1.71 bits per heavy atom. The smallest absolute Gasteiger partial charge is 0.329 e. The van der Waals surface area contributed by atoms with Gasteiger partial charge in [0.1, 0.15) is 54.4 Å². The molecular formula is C47H68N13O22P. The van der Waals surface area contributed by atoms with E-state index in [2.05, 4.69) is 51.7 Å². The summed E-state index contributed by atoms with van der Waals surface area (Å²) in [7, 11) is 2.17. The maximum atomic E-state index is 14.2. The van der Waals surface area contributed by atoms with Crippen molar-refractivity contribution < 1.29 is 107 Å². The number of ketones is 1. The van der Waals surface area contributed by atoms with Gasteiger partial charge in [0.05, 0.1) is 51.4 Å². The minimum Gasteiger partial charge on any atom is -0.481 e. The number of hydrogen-bond donors (Lipinski definition) is 18. The number of aliphatic carboxylic acids is 4. The van der Waals surface area contributed by atoms with E-state index in [1.165, 1.54) is 24.3 Å². The van der Waals surface area contributed by atoms with Crippen LogP contribution >= 0.6 is 9.39 Å². The second-order valence-corrected chi connectivity index (χ2v) is 19.1. The number of anilines is 1. The molecule has 1 aromatic rings. The predicted molar refractivity (Wildman–Crippen MR) is 283 cm³/mol. The summed E-state index contributed by atoms with van der Waals surface area (Å²) in [4.78, 5) is 210. The summed E-state index contributed by atoms with van der Waals surface area (Å²) < 4.78 is 5.51. The van der Waals surface area contributed by atoms with Crippen LogP contribution in [0.5, 0.6) is 0 Å². The zero-order chi connectivity index (χ0) is 62.8. The first kappa shape index (κ1) is 70.2. The molecule has 0 aliphatic carbocycles. The van der Waals surface area contributed by atoms with Gasteiger partial charge in [-0.15, -0.1) is 0 Å².